The highest BCUT2D eigenvalue weighted by molar-refractivity contribution is 5.35. The van der Waals surface area contributed by atoms with E-state index < -0.39 is 5.54 Å². The van der Waals surface area contributed by atoms with Crippen LogP contribution in [0, 0.1) is 5.82 Å². The third-order valence-corrected chi connectivity index (χ3v) is 3.35. The molecule has 3 heteroatoms. The number of halogens is 1. The molecular weight excluding hydrogens is 239 g/mol. The highest BCUT2D eigenvalue weighted by Gasteiger charge is 2.25. The molecule has 0 aliphatic rings. The summed E-state index contributed by atoms with van der Waals surface area (Å²) in [6.45, 7) is 4.05. The Hall–Kier alpha value is -1.74. The van der Waals surface area contributed by atoms with Gasteiger partial charge in [0.25, 0.3) is 0 Å². The molecule has 0 radical (unpaired) electrons. The molecule has 0 fully saturated rings. The maximum Gasteiger partial charge on any atom is 0.141 e. The van der Waals surface area contributed by atoms with Crippen LogP contribution in [-0.4, -0.2) is 4.98 Å². The van der Waals surface area contributed by atoms with Gasteiger partial charge >= 0.3 is 0 Å². The second-order valence-corrected chi connectivity index (χ2v) is 5.01. The Morgan fingerprint density at radius 1 is 1.16 bits per heavy atom. The Labute approximate surface area is 113 Å². The van der Waals surface area contributed by atoms with Gasteiger partial charge in [0.1, 0.15) is 5.82 Å². The Kier molecular flexibility index (Phi) is 3.96. The molecule has 2 N–H and O–H groups in total. The summed E-state index contributed by atoms with van der Waals surface area (Å²) in [5.41, 5.74) is 8.58. The predicted molar refractivity (Wildman–Crippen MR) is 75.3 cm³/mol. The zero-order valence-corrected chi connectivity index (χ0v) is 11.4. The number of pyridine rings is 1. The van der Waals surface area contributed by atoms with Crippen LogP contribution in [-0.2, 0) is 12.0 Å². The van der Waals surface area contributed by atoms with E-state index in [0.717, 1.165) is 18.4 Å². The normalized spacial score (nSPS) is 14.1. The molecule has 1 atom stereocenters. The molecule has 0 aliphatic heterocycles. The highest BCUT2D eigenvalue weighted by Crippen LogP contribution is 2.25. The van der Waals surface area contributed by atoms with Crippen LogP contribution in [0.2, 0.25) is 0 Å². The van der Waals surface area contributed by atoms with Crippen molar-refractivity contribution in [1.82, 2.24) is 4.98 Å². The molecule has 0 amide bonds. The van der Waals surface area contributed by atoms with Gasteiger partial charge in [0, 0.05) is 0 Å². The first kappa shape index (κ1) is 13.7. The zero-order chi connectivity index (χ0) is 13.9. The molecule has 0 saturated heterocycles. The minimum absolute atomic E-state index is 0.349. The maximum absolute atomic E-state index is 12.9. The number of aromatic nitrogens is 1. The lowest BCUT2D eigenvalue weighted by Gasteiger charge is -2.25. The fourth-order valence-electron chi connectivity index (χ4n) is 2.14. The second kappa shape index (κ2) is 5.49. The van der Waals surface area contributed by atoms with Crippen molar-refractivity contribution in [2.75, 3.05) is 0 Å². The molecule has 1 aromatic carbocycles. The first-order valence-electron chi connectivity index (χ1n) is 6.54. The van der Waals surface area contributed by atoms with E-state index in [1.807, 2.05) is 19.1 Å². The van der Waals surface area contributed by atoms with E-state index in [1.165, 1.54) is 17.8 Å². The van der Waals surface area contributed by atoms with Crippen molar-refractivity contribution in [3.05, 3.63) is 65.2 Å². The fourth-order valence-corrected chi connectivity index (χ4v) is 2.14. The molecule has 0 saturated carbocycles. The molecule has 19 heavy (non-hydrogen) atoms. The minimum Gasteiger partial charge on any atom is -0.317 e. The second-order valence-electron chi connectivity index (χ2n) is 5.01. The fraction of sp³-hybridized carbons (Fsp3) is 0.312. The van der Waals surface area contributed by atoms with Gasteiger partial charge in [-0.2, -0.15) is 0 Å². The van der Waals surface area contributed by atoms with Crippen LogP contribution in [0.3, 0.4) is 0 Å². The van der Waals surface area contributed by atoms with E-state index in [9.17, 15) is 4.39 Å². The largest absolute Gasteiger partial charge is 0.317 e. The van der Waals surface area contributed by atoms with Crippen molar-refractivity contribution in [3.63, 3.8) is 0 Å². The van der Waals surface area contributed by atoms with Gasteiger partial charge in [-0.15, -0.1) is 0 Å². The smallest absolute Gasteiger partial charge is 0.141 e. The summed E-state index contributed by atoms with van der Waals surface area (Å²) in [5, 5.41) is 0. The van der Waals surface area contributed by atoms with Crippen molar-refractivity contribution < 1.29 is 4.39 Å². The number of nitrogens with two attached hydrogens (primary N) is 1. The predicted octanol–water partition coefficient (Wildman–Crippen LogP) is 3.40. The Balaban J connectivity index is 2.30. The maximum atomic E-state index is 12.9. The van der Waals surface area contributed by atoms with Gasteiger partial charge in [0.05, 0.1) is 17.4 Å². The number of hydrogen-bond donors (Lipinski definition) is 1. The van der Waals surface area contributed by atoms with Crippen LogP contribution in [0.15, 0.2) is 42.6 Å². The molecule has 0 aliphatic carbocycles. The summed E-state index contributed by atoms with van der Waals surface area (Å²) in [4.78, 5) is 4.09. The van der Waals surface area contributed by atoms with Crippen LogP contribution >= 0.6 is 0 Å². The van der Waals surface area contributed by atoms with E-state index in [4.69, 9.17) is 5.73 Å². The van der Waals surface area contributed by atoms with Gasteiger partial charge in [-0.25, -0.2) is 4.39 Å². The van der Waals surface area contributed by atoms with Crippen LogP contribution in [0.4, 0.5) is 4.39 Å². The molecule has 0 bridgehead atoms. The lowest BCUT2D eigenvalue weighted by Crippen LogP contribution is -2.35. The van der Waals surface area contributed by atoms with Crippen molar-refractivity contribution in [2.45, 2.75) is 32.2 Å². The van der Waals surface area contributed by atoms with Gasteiger partial charge in [-0.05, 0) is 36.6 Å². The quantitative estimate of drug-likeness (QED) is 0.913. The molecule has 1 unspecified atom stereocenters. The van der Waals surface area contributed by atoms with Crippen molar-refractivity contribution in [3.8, 4) is 0 Å². The molecule has 0 spiro atoms. The number of aryl methyl sites for hydroxylation is 1. The number of rotatable bonds is 4. The number of nitrogens with zero attached hydrogens (tertiary/aromatic N) is 1. The van der Waals surface area contributed by atoms with Crippen molar-refractivity contribution >= 4 is 0 Å². The standard InChI is InChI=1S/C16H19FN2/c1-3-4-12-5-7-13(8-6-12)16(2,18)15-10-9-14(17)11-19-15/h5-11H,3-4,18H2,1-2H3. The summed E-state index contributed by atoms with van der Waals surface area (Å²) in [7, 11) is 0. The summed E-state index contributed by atoms with van der Waals surface area (Å²) in [6, 6.07) is 11.3. The third kappa shape index (κ3) is 2.99. The topological polar surface area (TPSA) is 38.9 Å². The van der Waals surface area contributed by atoms with E-state index in [0.29, 0.717) is 5.69 Å². The van der Waals surface area contributed by atoms with E-state index in [-0.39, 0.29) is 5.82 Å². The van der Waals surface area contributed by atoms with E-state index in [2.05, 4.69) is 24.0 Å². The molecule has 1 heterocycles. The monoisotopic (exact) mass is 258 g/mol. The highest BCUT2D eigenvalue weighted by atomic mass is 19.1. The molecule has 2 nitrogen and oxygen atoms in total. The van der Waals surface area contributed by atoms with Crippen LogP contribution < -0.4 is 5.73 Å². The molecule has 1 aromatic heterocycles. The molecule has 2 aromatic rings. The van der Waals surface area contributed by atoms with Gasteiger partial charge in [-0.1, -0.05) is 37.6 Å². The summed E-state index contributed by atoms with van der Waals surface area (Å²) in [5.74, 6) is -0.349. The average Bonchev–Trinajstić information content (AvgIpc) is 2.40. The van der Waals surface area contributed by atoms with Gasteiger partial charge in [-0.3, -0.25) is 4.98 Å². The summed E-state index contributed by atoms with van der Waals surface area (Å²) < 4.78 is 12.9. The van der Waals surface area contributed by atoms with Crippen LogP contribution in [0.25, 0.3) is 0 Å². The van der Waals surface area contributed by atoms with E-state index >= 15 is 0 Å². The minimum atomic E-state index is -0.710. The molecule has 2 rings (SSSR count). The lowest BCUT2D eigenvalue weighted by molar-refractivity contribution is 0.567. The number of benzene rings is 1. The Bertz CT molecular complexity index is 530. The van der Waals surface area contributed by atoms with Crippen LogP contribution in [0.1, 0.15) is 37.1 Å². The molecular formula is C16H19FN2. The average molecular weight is 258 g/mol. The van der Waals surface area contributed by atoms with Crippen molar-refractivity contribution in [1.29, 1.82) is 0 Å². The zero-order valence-electron chi connectivity index (χ0n) is 11.4. The van der Waals surface area contributed by atoms with Crippen LogP contribution in [0.5, 0.6) is 0 Å². The van der Waals surface area contributed by atoms with Crippen molar-refractivity contribution in [2.24, 2.45) is 5.73 Å². The Morgan fingerprint density at radius 2 is 1.84 bits per heavy atom. The SMILES string of the molecule is CCCc1ccc(C(C)(N)c2ccc(F)cn2)cc1. The Morgan fingerprint density at radius 3 is 2.37 bits per heavy atom. The summed E-state index contributed by atoms with van der Waals surface area (Å²) >= 11 is 0. The van der Waals surface area contributed by atoms with Gasteiger partial charge < -0.3 is 5.73 Å². The van der Waals surface area contributed by atoms with Gasteiger partial charge in [0.2, 0.25) is 0 Å². The first-order valence-corrected chi connectivity index (χ1v) is 6.54. The van der Waals surface area contributed by atoms with Gasteiger partial charge in [0.15, 0.2) is 0 Å². The third-order valence-electron chi connectivity index (χ3n) is 3.35. The summed E-state index contributed by atoms with van der Waals surface area (Å²) in [6.07, 6.45) is 3.39. The lowest BCUT2D eigenvalue weighted by atomic mass is 9.88. The number of hydrogen-bond acceptors (Lipinski definition) is 2. The first-order chi connectivity index (χ1) is 9.04. The van der Waals surface area contributed by atoms with E-state index in [1.54, 1.807) is 6.07 Å². The molecule has 100 valence electrons.